The van der Waals surface area contributed by atoms with Crippen molar-refractivity contribution < 1.29 is 32.5 Å². The summed E-state index contributed by atoms with van der Waals surface area (Å²) in [5.41, 5.74) is 7.02. The molecule has 180 valence electrons. The maximum absolute atomic E-state index is 10.6. The van der Waals surface area contributed by atoms with Crippen LogP contribution in [0.5, 0.6) is 0 Å². The Morgan fingerprint density at radius 3 is 2.27 bits per heavy atom. The Morgan fingerprint density at radius 2 is 1.73 bits per heavy atom. The second-order valence-corrected chi connectivity index (χ2v) is 8.00. The molecule has 0 amide bonds. The fraction of sp³-hybridized carbons (Fsp3) is 0.500. The van der Waals surface area contributed by atoms with Crippen LogP contribution >= 0.6 is 0 Å². The van der Waals surface area contributed by atoms with Crippen molar-refractivity contribution in [1.82, 2.24) is 9.97 Å². The van der Waals surface area contributed by atoms with Gasteiger partial charge in [0.25, 0.3) is 0 Å². The number of alkyl halides is 3. The topological polar surface area (TPSA) is 96.8 Å². The molecule has 0 unspecified atom stereocenters. The number of carbonyl (C=O) groups is 1. The van der Waals surface area contributed by atoms with E-state index in [4.69, 9.17) is 29.3 Å². The molecule has 0 aliphatic carbocycles. The number of carboxylic acids is 1. The van der Waals surface area contributed by atoms with E-state index >= 15 is 0 Å². The molecule has 2 aliphatic heterocycles. The van der Waals surface area contributed by atoms with Crippen LogP contribution < -0.4 is 10.2 Å². The summed E-state index contributed by atoms with van der Waals surface area (Å²) in [7, 11) is 0. The lowest BCUT2D eigenvalue weighted by molar-refractivity contribution is -0.192. The van der Waals surface area contributed by atoms with Gasteiger partial charge in [0.15, 0.2) is 6.29 Å². The summed E-state index contributed by atoms with van der Waals surface area (Å²) in [6.45, 7) is 11.4. The predicted molar refractivity (Wildman–Crippen MR) is 116 cm³/mol. The zero-order valence-corrected chi connectivity index (χ0v) is 18.9. The molecule has 0 bridgehead atoms. The van der Waals surface area contributed by atoms with Gasteiger partial charge in [0.05, 0.1) is 19.8 Å². The highest BCUT2D eigenvalue weighted by Crippen LogP contribution is 2.31. The lowest BCUT2D eigenvalue weighted by Gasteiger charge is -2.22. The summed E-state index contributed by atoms with van der Waals surface area (Å²) in [6.07, 6.45) is -4.27. The van der Waals surface area contributed by atoms with Gasteiger partial charge in [0.1, 0.15) is 5.82 Å². The smallest absolute Gasteiger partial charge is 0.475 e. The second kappa shape index (κ2) is 9.92. The first-order chi connectivity index (χ1) is 15.5. The molecule has 33 heavy (non-hydrogen) atoms. The van der Waals surface area contributed by atoms with Crippen LogP contribution in [0.3, 0.4) is 0 Å². The average Bonchev–Trinajstić information content (AvgIpc) is 3.35. The second-order valence-electron chi connectivity index (χ2n) is 8.00. The lowest BCUT2D eigenvalue weighted by Crippen LogP contribution is -2.32. The van der Waals surface area contributed by atoms with E-state index in [1.807, 2.05) is 0 Å². The molecule has 0 spiro atoms. The molecule has 1 aromatic carbocycles. The molecule has 1 aromatic heterocycles. The number of rotatable bonds is 4. The number of benzene rings is 1. The van der Waals surface area contributed by atoms with Crippen LogP contribution in [0, 0.1) is 27.7 Å². The van der Waals surface area contributed by atoms with Crippen LogP contribution in [-0.4, -0.2) is 59.8 Å². The molecular formula is C22H27F3N4O4. The van der Waals surface area contributed by atoms with Gasteiger partial charge in [-0.05, 0) is 45.2 Å². The Balaban J connectivity index is 0.000000383. The molecule has 3 heterocycles. The average molecular weight is 468 g/mol. The maximum Gasteiger partial charge on any atom is 0.490 e. The Morgan fingerprint density at radius 1 is 1.15 bits per heavy atom. The molecule has 2 N–H and O–H groups in total. The highest BCUT2D eigenvalue weighted by Gasteiger charge is 2.38. The molecule has 4 rings (SSSR count). The van der Waals surface area contributed by atoms with Crippen LogP contribution in [-0.2, 0) is 20.7 Å². The number of aryl methyl sites for hydroxylation is 4. The third-order valence-corrected chi connectivity index (χ3v) is 5.34. The van der Waals surface area contributed by atoms with Gasteiger partial charge in [-0.2, -0.15) is 18.2 Å². The summed E-state index contributed by atoms with van der Waals surface area (Å²) in [4.78, 5) is 20.7. The minimum absolute atomic E-state index is 0.158. The number of ether oxygens (including phenoxy) is 2. The van der Waals surface area contributed by atoms with Crippen LogP contribution in [0.4, 0.5) is 30.6 Å². The van der Waals surface area contributed by atoms with Crippen molar-refractivity contribution in [1.29, 1.82) is 0 Å². The zero-order valence-electron chi connectivity index (χ0n) is 18.9. The van der Waals surface area contributed by atoms with Gasteiger partial charge in [-0.15, -0.1) is 0 Å². The zero-order chi connectivity index (χ0) is 24.3. The number of carboxylic acid groups (broad SMARTS) is 1. The van der Waals surface area contributed by atoms with Gasteiger partial charge in [-0.25, -0.2) is 9.78 Å². The van der Waals surface area contributed by atoms with Gasteiger partial charge < -0.3 is 24.8 Å². The van der Waals surface area contributed by atoms with Crippen molar-refractivity contribution in [3.8, 4) is 0 Å². The van der Waals surface area contributed by atoms with Crippen molar-refractivity contribution in [2.75, 3.05) is 36.5 Å². The number of nitrogens with one attached hydrogen (secondary N) is 1. The van der Waals surface area contributed by atoms with E-state index in [9.17, 15) is 13.2 Å². The number of aliphatic carboxylic acids is 1. The lowest BCUT2D eigenvalue weighted by atomic mass is 10.1. The summed E-state index contributed by atoms with van der Waals surface area (Å²) in [5, 5.41) is 10.6. The fourth-order valence-corrected chi connectivity index (χ4v) is 3.90. The Bertz CT molecular complexity index is 1000. The quantitative estimate of drug-likeness (QED) is 0.699. The van der Waals surface area contributed by atoms with Crippen LogP contribution in [0.25, 0.3) is 0 Å². The molecule has 11 heteroatoms. The third-order valence-electron chi connectivity index (χ3n) is 5.34. The third kappa shape index (κ3) is 6.11. The van der Waals surface area contributed by atoms with Gasteiger partial charge in [0.2, 0.25) is 5.95 Å². The number of anilines is 3. The van der Waals surface area contributed by atoms with E-state index in [0.717, 1.165) is 30.2 Å². The molecule has 8 nitrogen and oxygen atoms in total. The summed E-state index contributed by atoms with van der Waals surface area (Å²) < 4.78 is 42.9. The van der Waals surface area contributed by atoms with Crippen molar-refractivity contribution in [2.24, 2.45) is 0 Å². The molecule has 2 aromatic rings. The van der Waals surface area contributed by atoms with Crippen LogP contribution in [0.1, 0.15) is 27.9 Å². The molecule has 1 saturated heterocycles. The molecular weight excluding hydrogens is 441 g/mol. The first kappa shape index (κ1) is 24.7. The highest BCUT2D eigenvalue weighted by molar-refractivity contribution is 5.73. The first-order valence-electron chi connectivity index (χ1n) is 10.5. The summed E-state index contributed by atoms with van der Waals surface area (Å²) >= 11 is 0. The molecule has 2 aliphatic rings. The monoisotopic (exact) mass is 468 g/mol. The number of halogens is 3. The number of nitrogens with zero attached hydrogens (tertiary/aromatic N) is 3. The Hall–Kier alpha value is -2.92. The predicted octanol–water partition coefficient (Wildman–Crippen LogP) is 3.82. The van der Waals surface area contributed by atoms with Crippen molar-refractivity contribution in [3.63, 3.8) is 0 Å². The van der Waals surface area contributed by atoms with Gasteiger partial charge in [-0.1, -0.05) is 17.7 Å². The summed E-state index contributed by atoms with van der Waals surface area (Å²) in [6, 6.07) is 4.35. The normalized spacial score (nSPS) is 15.8. The van der Waals surface area contributed by atoms with E-state index < -0.39 is 12.1 Å². The number of fused-ring (bicyclic) bond motifs is 1. The molecule has 0 saturated carbocycles. The van der Waals surface area contributed by atoms with E-state index in [1.54, 1.807) is 0 Å². The van der Waals surface area contributed by atoms with Crippen molar-refractivity contribution in [2.45, 2.75) is 46.6 Å². The van der Waals surface area contributed by atoms with Crippen molar-refractivity contribution in [3.05, 3.63) is 40.1 Å². The van der Waals surface area contributed by atoms with E-state index in [2.05, 4.69) is 50.0 Å². The Labute approximate surface area is 189 Å². The standard InChI is InChI=1S/C20H26N4O2.C2HF3O2/c1-12-9-13(2)18(14(3)10-12)22-20-21-15(4)16-5-6-24(19(16)23-20)11-17-25-7-8-26-17;3-2(4,5)1(6)7/h9-10,17H,5-8,11H2,1-4H3,(H,21,22,23);(H,6,7). The maximum atomic E-state index is 10.6. The highest BCUT2D eigenvalue weighted by atomic mass is 19.4. The minimum atomic E-state index is -5.08. The largest absolute Gasteiger partial charge is 0.490 e. The fourth-order valence-electron chi connectivity index (χ4n) is 3.90. The van der Waals surface area contributed by atoms with Crippen molar-refractivity contribution >= 4 is 23.4 Å². The van der Waals surface area contributed by atoms with Gasteiger partial charge in [-0.3, -0.25) is 0 Å². The number of aromatic nitrogens is 2. The first-order valence-corrected chi connectivity index (χ1v) is 10.5. The minimum Gasteiger partial charge on any atom is -0.475 e. The molecule has 0 atom stereocenters. The van der Waals surface area contributed by atoms with Gasteiger partial charge in [0, 0.05) is 23.5 Å². The van der Waals surface area contributed by atoms with E-state index in [-0.39, 0.29) is 6.29 Å². The van der Waals surface area contributed by atoms with Crippen LogP contribution in [0.2, 0.25) is 0 Å². The molecule has 1 fully saturated rings. The SMILES string of the molecule is Cc1cc(C)c(Nc2nc(C)c3c(n2)N(CC2OCCO2)CC3)c(C)c1.O=C(O)C(F)(F)F. The number of hydrogen-bond acceptors (Lipinski definition) is 7. The summed E-state index contributed by atoms with van der Waals surface area (Å²) in [5.74, 6) is -1.11. The molecule has 0 radical (unpaired) electrons. The van der Waals surface area contributed by atoms with Gasteiger partial charge >= 0.3 is 12.1 Å². The Kier molecular flexibility index (Phi) is 7.43. The van der Waals surface area contributed by atoms with E-state index in [1.165, 1.54) is 22.3 Å². The van der Waals surface area contributed by atoms with Crippen LogP contribution in [0.15, 0.2) is 12.1 Å². The van der Waals surface area contributed by atoms with E-state index in [0.29, 0.717) is 25.7 Å². The number of hydrogen-bond donors (Lipinski definition) is 2.